The standard InChI is InChI=1S/C22H24N2O2S.ClH/c1-14(2)24-20-11-9-17(27(25,26)16-6-4-3-5-7-16)13-18(20)22-19-10-8-15(23-19)12-21(22)24;/h3-7,9,11,13-15,19,23H,8,10,12H2,1-2H3;1H. The summed E-state index contributed by atoms with van der Waals surface area (Å²) in [4.78, 5) is 0.727. The third-order valence-electron chi connectivity index (χ3n) is 6.03. The van der Waals surface area contributed by atoms with Crippen LogP contribution < -0.4 is 5.32 Å². The van der Waals surface area contributed by atoms with Crippen LogP contribution in [0.4, 0.5) is 0 Å². The third-order valence-corrected chi connectivity index (χ3v) is 7.80. The molecule has 0 spiro atoms. The predicted molar refractivity (Wildman–Crippen MR) is 114 cm³/mol. The van der Waals surface area contributed by atoms with Gasteiger partial charge in [0, 0.05) is 41.1 Å². The van der Waals surface area contributed by atoms with Gasteiger partial charge in [-0.1, -0.05) is 18.2 Å². The Labute approximate surface area is 172 Å². The molecule has 2 unspecified atom stereocenters. The molecule has 2 aliphatic rings. The number of rotatable bonds is 3. The molecule has 2 aromatic carbocycles. The first kappa shape index (κ1) is 19.5. The van der Waals surface area contributed by atoms with Gasteiger partial charge in [-0.25, -0.2) is 8.42 Å². The van der Waals surface area contributed by atoms with Crippen molar-refractivity contribution in [3.8, 4) is 0 Å². The van der Waals surface area contributed by atoms with Crippen LogP contribution in [0.3, 0.4) is 0 Å². The minimum absolute atomic E-state index is 0. The zero-order chi connectivity index (χ0) is 18.8. The van der Waals surface area contributed by atoms with Crippen LogP contribution in [0.15, 0.2) is 58.3 Å². The van der Waals surface area contributed by atoms with Crippen LogP contribution in [0.2, 0.25) is 0 Å². The Bertz CT molecular complexity index is 1140. The van der Waals surface area contributed by atoms with Crippen molar-refractivity contribution in [2.24, 2.45) is 0 Å². The Balaban J connectivity index is 0.00000192. The van der Waals surface area contributed by atoms with Gasteiger partial charge in [-0.2, -0.15) is 0 Å². The van der Waals surface area contributed by atoms with Crippen LogP contribution in [0.25, 0.3) is 10.9 Å². The summed E-state index contributed by atoms with van der Waals surface area (Å²) in [6.45, 7) is 4.41. The van der Waals surface area contributed by atoms with Crippen molar-refractivity contribution in [1.29, 1.82) is 0 Å². The molecule has 6 heteroatoms. The van der Waals surface area contributed by atoms with E-state index in [1.165, 1.54) is 17.7 Å². The number of aromatic nitrogens is 1. The molecular formula is C22H25ClN2O2S. The lowest BCUT2D eigenvalue weighted by molar-refractivity contribution is 0.482. The SMILES string of the molecule is CC(C)n1c2c(c3cc(S(=O)(=O)c4ccccc4)ccc31)C1CCC(C2)N1.Cl. The molecule has 3 heterocycles. The highest BCUT2D eigenvalue weighted by atomic mass is 35.5. The topological polar surface area (TPSA) is 51.1 Å². The van der Waals surface area contributed by atoms with Gasteiger partial charge in [0.05, 0.1) is 9.79 Å². The van der Waals surface area contributed by atoms with Crippen molar-refractivity contribution in [3.05, 3.63) is 59.8 Å². The number of hydrogen-bond acceptors (Lipinski definition) is 3. The number of nitrogens with one attached hydrogen (secondary N) is 1. The van der Waals surface area contributed by atoms with E-state index in [-0.39, 0.29) is 12.4 Å². The summed E-state index contributed by atoms with van der Waals surface area (Å²) in [5.41, 5.74) is 3.86. The molecule has 2 bridgehead atoms. The molecule has 2 aliphatic heterocycles. The van der Waals surface area contributed by atoms with Crippen molar-refractivity contribution in [3.63, 3.8) is 0 Å². The summed E-state index contributed by atoms with van der Waals surface area (Å²) < 4.78 is 28.7. The Hall–Kier alpha value is -1.82. The number of halogens is 1. The number of sulfone groups is 1. The first-order valence-corrected chi connectivity index (χ1v) is 11.2. The summed E-state index contributed by atoms with van der Waals surface area (Å²) in [7, 11) is -3.51. The maximum absolute atomic E-state index is 13.1. The van der Waals surface area contributed by atoms with E-state index in [1.54, 1.807) is 30.3 Å². The molecule has 1 saturated heterocycles. The molecule has 1 aromatic heterocycles. The van der Waals surface area contributed by atoms with Crippen molar-refractivity contribution < 1.29 is 8.42 Å². The molecule has 28 heavy (non-hydrogen) atoms. The lowest BCUT2D eigenvalue weighted by atomic mass is 9.99. The van der Waals surface area contributed by atoms with Gasteiger partial charge in [-0.3, -0.25) is 0 Å². The molecule has 1 fully saturated rings. The van der Waals surface area contributed by atoms with E-state index in [4.69, 9.17) is 0 Å². The van der Waals surface area contributed by atoms with Crippen molar-refractivity contribution in [2.45, 2.75) is 61.0 Å². The zero-order valence-electron chi connectivity index (χ0n) is 16.1. The largest absolute Gasteiger partial charge is 0.342 e. The highest BCUT2D eigenvalue weighted by molar-refractivity contribution is 7.91. The first-order valence-electron chi connectivity index (χ1n) is 9.69. The summed E-state index contributed by atoms with van der Waals surface area (Å²) in [6.07, 6.45) is 3.35. The molecule has 4 nitrogen and oxygen atoms in total. The van der Waals surface area contributed by atoms with E-state index in [1.807, 2.05) is 18.2 Å². The van der Waals surface area contributed by atoms with Crippen LogP contribution in [-0.2, 0) is 16.3 Å². The molecular weight excluding hydrogens is 392 g/mol. The van der Waals surface area contributed by atoms with Crippen LogP contribution >= 0.6 is 12.4 Å². The molecule has 3 aromatic rings. The van der Waals surface area contributed by atoms with Gasteiger partial charge in [0.15, 0.2) is 0 Å². The van der Waals surface area contributed by atoms with E-state index in [0.717, 1.165) is 23.7 Å². The van der Waals surface area contributed by atoms with Gasteiger partial charge in [0.1, 0.15) is 0 Å². The van der Waals surface area contributed by atoms with E-state index < -0.39 is 9.84 Å². The van der Waals surface area contributed by atoms with E-state index in [9.17, 15) is 8.42 Å². The van der Waals surface area contributed by atoms with Crippen LogP contribution in [0, 0.1) is 0 Å². The number of nitrogens with zero attached hydrogens (tertiary/aromatic N) is 1. The van der Waals surface area contributed by atoms with Gasteiger partial charge in [-0.05, 0) is 62.6 Å². The monoisotopic (exact) mass is 416 g/mol. The second-order valence-electron chi connectivity index (χ2n) is 8.02. The van der Waals surface area contributed by atoms with Crippen LogP contribution in [-0.4, -0.2) is 19.0 Å². The lowest BCUT2D eigenvalue weighted by Gasteiger charge is -2.25. The second-order valence-corrected chi connectivity index (χ2v) is 9.97. The van der Waals surface area contributed by atoms with Gasteiger partial charge in [0.25, 0.3) is 0 Å². The van der Waals surface area contributed by atoms with E-state index >= 15 is 0 Å². The van der Waals surface area contributed by atoms with Crippen LogP contribution in [0.1, 0.15) is 50.0 Å². The van der Waals surface area contributed by atoms with Crippen molar-refractivity contribution >= 4 is 33.1 Å². The first-order chi connectivity index (χ1) is 13.0. The Morgan fingerprint density at radius 1 is 1.04 bits per heavy atom. The zero-order valence-corrected chi connectivity index (χ0v) is 17.7. The molecule has 5 rings (SSSR count). The average Bonchev–Trinajstić information content (AvgIpc) is 3.20. The average molecular weight is 417 g/mol. The summed E-state index contributed by atoms with van der Waals surface area (Å²) >= 11 is 0. The fourth-order valence-corrected chi connectivity index (χ4v) is 6.21. The highest BCUT2D eigenvalue weighted by Crippen LogP contribution is 2.43. The molecule has 0 amide bonds. The van der Waals surface area contributed by atoms with Gasteiger partial charge in [-0.15, -0.1) is 12.4 Å². The maximum Gasteiger partial charge on any atom is 0.206 e. The van der Waals surface area contributed by atoms with E-state index in [0.29, 0.717) is 27.9 Å². The number of benzene rings is 2. The quantitative estimate of drug-likeness (QED) is 0.665. The third kappa shape index (κ3) is 2.79. The smallest absolute Gasteiger partial charge is 0.206 e. The Kier molecular flexibility index (Phi) is 4.81. The minimum Gasteiger partial charge on any atom is -0.342 e. The van der Waals surface area contributed by atoms with Gasteiger partial charge in [0.2, 0.25) is 9.84 Å². The Morgan fingerprint density at radius 2 is 1.79 bits per heavy atom. The minimum atomic E-state index is -3.51. The normalized spacial score (nSPS) is 21.0. The molecule has 2 atom stereocenters. The summed E-state index contributed by atoms with van der Waals surface area (Å²) in [6, 6.07) is 15.6. The molecule has 0 aliphatic carbocycles. The predicted octanol–water partition coefficient (Wildman–Crippen LogP) is 4.83. The van der Waals surface area contributed by atoms with Gasteiger partial charge >= 0.3 is 0 Å². The van der Waals surface area contributed by atoms with Crippen LogP contribution in [0.5, 0.6) is 0 Å². The molecule has 148 valence electrons. The lowest BCUT2D eigenvalue weighted by Crippen LogP contribution is -2.32. The fraction of sp³-hybridized carbons (Fsp3) is 0.364. The molecule has 0 radical (unpaired) electrons. The van der Waals surface area contributed by atoms with Crippen molar-refractivity contribution in [1.82, 2.24) is 9.88 Å². The summed E-state index contributed by atoms with van der Waals surface area (Å²) in [5, 5.41) is 4.81. The summed E-state index contributed by atoms with van der Waals surface area (Å²) in [5.74, 6) is 0. The fourth-order valence-electron chi connectivity index (χ4n) is 4.90. The number of fused-ring (bicyclic) bond motifs is 6. The van der Waals surface area contributed by atoms with Gasteiger partial charge < -0.3 is 9.88 Å². The number of hydrogen-bond donors (Lipinski definition) is 1. The molecule has 0 saturated carbocycles. The Morgan fingerprint density at radius 3 is 2.50 bits per heavy atom. The second kappa shape index (κ2) is 6.90. The van der Waals surface area contributed by atoms with E-state index in [2.05, 4.69) is 23.7 Å². The van der Waals surface area contributed by atoms with Crippen molar-refractivity contribution in [2.75, 3.05) is 0 Å². The molecule has 1 N–H and O–H groups in total. The maximum atomic E-state index is 13.1. The highest BCUT2D eigenvalue weighted by Gasteiger charge is 2.37.